The largest absolute Gasteiger partial charge is 0.446 e. The Balaban J connectivity index is 1.16. The predicted octanol–water partition coefficient (Wildman–Crippen LogP) is 9.34. The molecule has 0 aliphatic carbocycles. The Kier molecular flexibility index (Phi) is 20.8. The van der Waals surface area contributed by atoms with E-state index in [0.29, 0.717) is 18.2 Å². The first-order valence-corrected chi connectivity index (χ1v) is 20.2. The molecule has 3 atom stereocenters. The third kappa shape index (κ3) is 19.4. The molecule has 0 aliphatic rings. The van der Waals surface area contributed by atoms with E-state index in [1.54, 1.807) is 36.4 Å². The van der Waals surface area contributed by atoms with Gasteiger partial charge in [0.1, 0.15) is 6.04 Å². The summed E-state index contributed by atoms with van der Waals surface area (Å²) in [6, 6.07) is 20.3. The van der Waals surface area contributed by atoms with Crippen molar-refractivity contribution in [3.8, 4) is 11.8 Å². The van der Waals surface area contributed by atoms with Gasteiger partial charge in [-0.25, -0.2) is 5.48 Å². The zero-order chi connectivity index (χ0) is 39.9. The van der Waals surface area contributed by atoms with E-state index in [2.05, 4.69) is 34.7 Å². The van der Waals surface area contributed by atoms with Crippen molar-refractivity contribution in [2.45, 2.75) is 132 Å². The lowest BCUT2D eigenvalue weighted by molar-refractivity contribution is -0.133. The first kappa shape index (κ1) is 45.4. The number of benzene rings is 3. The van der Waals surface area contributed by atoms with Crippen LogP contribution in [0.15, 0.2) is 77.7 Å². The average molecular weight is 783 g/mol. The summed E-state index contributed by atoms with van der Waals surface area (Å²) in [4.78, 5) is 24.4. The highest BCUT2D eigenvalue weighted by Gasteiger charge is 2.29. The number of unbranched alkanes of at least 4 members (excludes halogenated alkanes) is 11. The summed E-state index contributed by atoms with van der Waals surface area (Å²) in [7, 11) is 0. The van der Waals surface area contributed by atoms with E-state index in [1.165, 1.54) is 95.2 Å². The molecule has 2 amide bonds. The Bertz CT molecular complexity index is 1610. The highest BCUT2D eigenvalue weighted by Crippen LogP contribution is 2.36. The number of alkyl halides is 3. The molecule has 12 heteroatoms. The van der Waals surface area contributed by atoms with Crippen molar-refractivity contribution in [2.24, 2.45) is 0 Å². The molecule has 0 aliphatic heterocycles. The fourth-order valence-corrected chi connectivity index (χ4v) is 6.60. The third-order valence-corrected chi connectivity index (χ3v) is 9.92. The van der Waals surface area contributed by atoms with E-state index in [1.807, 2.05) is 24.3 Å². The maximum Gasteiger partial charge on any atom is 0.446 e. The highest BCUT2D eigenvalue weighted by atomic mass is 32.2. The molecule has 0 bridgehead atoms. The number of nitrogens with one attached hydrogen (secondary N) is 4. The number of hydroxylamine groups is 1. The maximum atomic E-state index is 12.5. The van der Waals surface area contributed by atoms with Gasteiger partial charge in [0.05, 0.1) is 6.10 Å². The van der Waals surface area contributed by atoms with Gasteiger partial charge in [-0.2, -0.15) is 13.2 Å². The van der Waals surface area contributed by atoms with Crippen molar-refractivity contribution in [2.75, 3.05) is 11.9 Å². The number of amides is 2. The van der Waals surface area contributed by atoms with Crippen molar-refractivity contribution in [3.05, 3.63) is 95.1 Å². The quantitative estimate of drug-likeness (QED) is 0.0176. The molecule has 3 aromatic rings. The summed E-state index contributed by atoms with van der Waals surface area (Å²) in [6.45, 7) is 5.16. The molecule has 0 radical (unpaired) electrons. The molecule has 0 spiro atoms. The van der Waals surface area contributed by atoms with Crippen LogP contribution in [0.3, 0.4) is 0 Å². The van der Waals surface area contributed by atoms with Crippen LogP contribution >= 0.6 is 11.8 Å². The summed E-state index contributed by atoms with van der Waals surface area (Å²) >= 11 is -0.0779. The molecule has 0 saturated carbocycles. The van der Waals surface area contributed by atoms with E-state index < -0.39 is 29.5 Å². The minimum absolute atomic E-state index is 0.0779. The second kappa shape index (κ2) is 25.2. The molecular weight excluding hydrogens is 726 g/mol. The second-order valence-electron chi connectivity index (χ2n) is 14.0. The third-order valence-electron chi connectivity index (χ3n) is 9.18. The van der Waals surface area contributed by atoms with E-state index in [4.69, 9.17) is 5.21 Å². The molecule has 0 fully saturated rings. The fraction of sp³-hybridized carbons (Fsp3) is 0.488. The number of hydrogen-bond donors (Lipinski definition) is 6. The van der Waals surface area contributed by atoms with E-state index in [-0.39, 0.29) is 16.7 Å². The van der Waals surface area contributed by atoms with Crippen LogP contribution in [0.1, 0.15) is 124 Å². The van der Waals surface area contributed by atoms with Crippen LogP contribution in [-0.2, 0) is 11.3 Å². The van der Waals surface area contributed by atoms with Crippen LogP contribution in [0.5, 0.6) is 0 Å². The number of carbonyl (C=O) groups is 2. The summed E-state index contributed by atoms with van der Waals surface area (Å²) < 4.78 is 37.3. The van der Waals surface area contributed by atoms with E-state index >= 15 is 0 Å². The predicted molar refractivity (Wildman–Crippen MR) is 215 cm³/mol. The molecule has 1 unspecified atom stereocenters. The molecule has 3 aromatic carbocycles. The Morgan fingerprint density at radius 2 is 1.24 bits per heavy atom. The van der Waals surface area contributed by atoms with Gasteiger partial charge in [-0.1, -0.05) is 94.6 Å². The molecule has 0 heterocycles. The first-order valence-electron chi connectivity index (χ1n) is 19.4. The average Bonchev–Trinajstić information content (AvgIpc) is 3.16. The molecule has 0 saturated heterocycles. The van der Waals surface area contributed by atoms with Crippen LogP contribution in [0.25, 0.3) is 0 Å². The number of carbonyl (C=O) groups excluding carboxylic acids is 2. The van der Waals surface area contributed by atoms with Crippen molar-refractivity contribution in [1.82, 2.24) is 16.1 Å². The standard InChI is InChI=1S/C43H57F3N4O4S/c1-32(15-13-11-9-7-5-3-4-6-8-10-12-14-30-47-31-36-22-28-39(29-23-36)55-43(44,45)46)48-38-26-20-35(21-27-38)17-16-34-18-24-37(25-19-34)41(52)49-40(33(2)51)42(53)50-54/h18-29,32-33,40,47-48,51,54H,3-15,30-31H2,1-2H3,(H,49,52)(H,50,53)/t32?,33-,40+/m1/s1. The molecule has 0 aromatic heterocycles. The van der Waals surface area contributed by atoms with Gasteiger partial charge >= 0.3 is 5.51 Å². The number of rotatable bonds is 24. The summed E-state index contributed by atoms with van der Waals surface area (Å²) in [6.07, 6.45) is 15.1. The Morgan fingerprint density at radius 1 is 0.727 bits per heavy atom. The fourth-order valence-electron chi connectivity index (χ4n) is 6.07. The molecule has 55 heavy (non-hydrogen) atoms. The van der Waals surface area contributed by atoms with Crippen molar-refractivity contribution < 1.29 is 33.1 Å². The molecule has 3 rings (SSSR count). The Labute approximate surface area is 328 Å². The first-order chi connectivity index (χ1) is 26.4. The SMILES string of the molecule is CC(CCCCCCCCCCCCCCNCc1ccc(SC(F)(F)F)cc1)Nc1ccc(C#Cc2ccc(C(=O)N[C@H](C(=O)NO)[C@@H](C)O)cc2)cc1. The van der Waals surface area contributed by atoms with Crippen molar-refractivity contribution >= 4 is 29.3 Å². The molecule has 6 N–H and O–H groups in total. The van der Waals surface area contributed by atoms with E-state index in [9.17, 15) is 27.9 Å². The minimum atomic E-state index is -4.25. The zero-order valence-electron chi connectivity index (χ0n) is 32.0. The van der Waals surface area contributed by atoms with Crippen LogP contribution in [0.2, 0.25) is 0 Å². The number of hydrogen-bond acceptors (Lipinski definition) is 7. The van der Waals surface area contributed by atoms with Gasteiger partial charge in [0.2, 0.25) is 0 Å². The van der Waals surface area contributed by atoms with E-state index in [0.717, 1.165) is 41.8 Å². The van der Waals surface area contributed by atoms with Crippen molar-refractivity contribution in [1.29, 1.82) is 0 Å². The Morgan fingerprint density at radius 3 is 1.75 bits per heavy atom. The molecular formula is C43H57F3N4O4S. The lowest BCUT2D eigenvalue weighted by atomic mass is 10.0. The normalized spacial score (nSPS) is 12.9. The van der Waals surface area contributed by atoms with Crippen LogP contribution in [0.4, 0.5) is 18.9 Å². The number of aliphatic hydroxyl groups excluding tert-OH is 1. The highest BCUT2D eigenvalue weighted by molar-refractivity contribution is 8.00. The van der Waals surface area contributed by atoms with Gasteiger partial charge in [0, 0.05) is 39.9 Å². The topological polar surface area (TPSA) is 123 Å². The minimum Gasteiger partial charge on any atom is -0.391 e. The summed E-state index contributed by atoms with van der Waals surface area (Å²) in [5.74, 6) is 4.77. The van der Waals surface area contributed by atoms with Crippen LogP contribution in [0, 0.1) is 11.8 Å². The van der Waals surface area contributed by atoms with Gasteiger partial charge in [-0.05, 0) is 111 Å². The second-order valence-corrected chi connectivity index (χ2v) is 15.2. The molecule has 8 nitrogen and oxygen atoms in total. The number of halogens is 3. The maximum absolute atomic E-state index is 12.5. The number of aliphatic hydroxyl groups is 1. The van der Waals surface area contributed by atoms with Gasteiger partial charge < -0.3 is 21.1 Å². The smallest absolute Gasteiger partial charge is 0.391 e. The van der Waals surface area contributed by atoms with Gasteiger partial charge in [-0.15, -0.1) is 0 Å². The van der Waals surface area contributed by atoms with Gasteiger partial charge in [-0.3, -0.25) is 14.8 Å². The number of thioether (sulfide) groups is 1. The Hall–Kier alpha value is -4.02. The van der Waals surface area contributed by atoms with Crippen LogP contribution < -0.4 is 21.4 Å². The monoisotopic (exact) mass is 782 g/mol. The molecule has 300 valence electrons. The summed E-state index contributed by atoms with van der Waals surface area (Å²) in [5, 5.41) is 27.9. The zero-order valence-corrected chi connectivity index (χ0v) is 32.8. The number of anilines is 1. The van der Waals surface area contributed by atoms with Crippen LogP contribution in [-0.4, -0.2) is 52.4 Å². The summed E-state index contributed by atoms with van der Waals surface area (Å²) in [5.41, 5.74) is 1.14. The lowest BCUT2D eigenvalue weighted by Crippen LogP contribution is -2.51. The van der Waals surface area contributed by atoms with Crippen molar-refractivity contribution in [3.63, 3.8) is 0 Å². The lowest BCUT2D eigenvalue weighted by Gasteiger charge is -2.19. The van der Waals surface area contributed by atoms with Gasteiger partial charge in [0.25, 0.3) is 11.8 Å². The van der Waals surface area contributed by atoms with Gasteiger partial charge in [0.15, 0.2) is 0 Å².